The van der Waals surface area contributed by atoms with E-state index in [4.69, 9.17) is 11.6 Å². The van der Waals surface area contributed by atoms with Crippen LogP contribution in [-0.2, 0) is 14.3 Å². The van der Waals surface area contributed by atoms with Crippen LogP contribution in [0.3, 0.4) is 0 Å². The maximum Gasteiger partial charge on any atom is 0.337 e. The van der Waals surface area contributed by atoms with Crippen LogP contribution in [0, 0.1) is 11.8 Å². The third-order valence-corrected chi connectivity index (χ3v) is 4.05. The number of esters is 1. The molecule has 0 bridgehead atoms. The largest absolute Gasteiger partial charge is 0.550 e. The molecular weight excluding hydrogens is 322 g/mol. The first-order valence-electron chi connectivity index (χ1n) is 6.98. The van der Waals surface area contributed by atoms with Crippen LogP contribution >= 0.6 is 11.6 Å². The number of carbonyl (C=O) groups excluding carboxylic acids is 3. The van der Waals surface area contributed by atoms with Gasteiger partial charge >= 0.3 is 5.97 Å². The molecule has 0 heterocycles. The van der Waals surface area contributed by atoms with E-state index in [9.17, 15) is 19.5 Å². The summed E-state index contributed by atoms with van der Waals surface area (Å²) in [6.07, 6.45) is 4.03. The highest BCUT2D eigenvalue weighted by atomic mass is 35.5. The van der Waals surface area contributed by atoms with Gasteiger partial charge in [-0.1, -0.05) is 23.8 Å². The highest BCUT2D eigenvalue weighted by molar-refractivity contribution is 6.33. The van der Waals surface area contributed by atoms with Gasteiger partial charge in [0.15, 0.2) is 0 Å². The molecule has 0 saturated heterocycles. The number of carbonyl (C=O) groups is 3. The first-order chi connectivity index (χ1) is 10.9. The Morgan fingerprint density at radius 1 is 1.22 bits per heavy atom. The zero-order valence-electron chi connectivity index (χ0n) is 12.4. The van der Waals surface area contributed by atoms with E-state index in [-0.39, 0.29) is 22.7 Å². The third-order valence-electron chi connectivity index (χ3n) is 3.72. The smallest absolute Gasteiger partial charge is 0.337 e. The highest BCUT2D eigenvalue weighted by Crippen LogP contribution is 2.29. The minimum Gasteiger partial charge on any atom is -0.550 e. The number of allylic oxidation sites excluding steroid dienone is 2. The Kier molecular flexibility index (Phi) is 5.39. The molecule has 1 aromatic rings. The first-order valence-corrected chi connectivity index (χ1v) is 7.36. The van der Waals surface area contributed by atoms with Crippen LogP contribution in [-0.4, -0.2) is 25.0 Å². The van der Waals surface area contributed by atoms with Crippen LogP contribution in [0.5, 0.6) is 0 Å². The van der Waals surface area contributed by atoms with Gasteiger partial charge in [-0.3, -0.25) is 4.79 Å². The number of methoxy groups -OCH3 is 1. The summed E-state index contributed by atoms with van der Waals surface area (Å²) in [4.78, 5) is 35.1. The summed E-state index contributed by atoms with van der Waals surface area (Å²) in [6.45, 7) is 0. The molecule has 0 radical (unpaired) electrons. The SMILES string of the molecule is COC(=O)c1ccc(Cl)c(NC(=O)[C@H]2CC=CC[C@@H]2C(=O)[O-])c1. The number of halogens is 1. The van der Waals surface area contributed by atoms with E-state index in [0.717, 1.165) is 0 Å². The van der Waals surface area contributed by atoms with Crippen molar-refractivity contribution in [3.05, 3.63) is 40.9 Å². The third kappa shape index (κ3) is 3.90. The fourth-order valence-electron chi connectivity index (χ4n) is 2.46. The molecule has 1 aromatic carbocycles. The molecule has 2 atom stereocenters. The van der Waals surface area contributed by atoms with Gasteiger partial charge in [0.25, 0.3) is 0 Å². The summed E-state index contributed by atoms with van der Waals surface area (Å²) in [7, 11) is 1.24. The van der Waals surface area contributed by atoms with Gasteiger partial charge in [0.2, 0.25) is 5.91 Å². The summed E-state index contributed by atoms with van der Waals surface area (Å²) in [5.74, 6) is -3.94. The number of hydrogen-bond acceptors (Lipinski definition) is 5. The van der Waals surface area contributed by atoms with Gasteiger partial charge in [-0.05, 0) is 31.0 Å². The molecule has 1 amide bonds. The Balaban J connectivity index is 2.21. The van der Waals surface area contributed by atoms with Gasteiger partial charge in [0, 0.05) is 11.9 Å². The van der Waals surface area contributed by atoms with E-state index >= 15 is 0 Å². The van der Waals surface area contributed by atoms with Gasteiger partial charge in [-0.2, -0.15) is 0 Å². The summed E-state index contributed by atoms with van der Waals surface area (Å²) in [6, 6.07) is 4.32. The molecule has 1 aliphatic rings. The van der Waals surface area contributed by atoms with Crippen molar-refractivity contribution < 1.29 is 24.2 Å². The zero-order chi connectivity index (χ0) is 17.0. The van der Waals surface area contributed by atoms with E-state index in [1.165, 1.54) is 25.3 Å². The lowest BCUT2D eigenvalue weighted by atomic mass is 9.82. The van der Waals surface area contributed by atoms with Crippen molar-refractivity contribution in [2.45, 2.75) is 12.8 Å². The average Bonchev–Trinajstić information content (AvgIpc) is 2.56. The summed E-state index contributed by atoms with van der Waals surface area (Å²) in [5, 5.41) is 14.0. The van der Waals surface area contributed by atoms with Crippen LogP contribution in [0.4, 0.5) is 5.69 Å². The monoisotopic (exact) mass is 336 g/mol. The molecule has 0 saturated carbocycles. The normalized spacial score (nSPS) is 19.9. The van der Waals surface area contributed by atoms with Crippen molar-refractivity contribution in [2.75, 3.05) is 12.4 Å². The Hall–Kier alpha value is -2.34. The molecule has 1 aliphatic carbocycles. The van der Waals surface area contributed by atoms with Gasteiger partial charge < -0.3 is 20.0 Å². The first kappa shape index (κ1) is 17.0. The number of benzene rings is 1. The molecule has 0 spiro atoms. The number of carboxylic acids is 1. The van der Waals surface area contributed by atoms with Crippen molar-refractivity contribution in [1.82, 2.24) is 0 Å². The summed E-state index contributed by atoms with van der Waals surface area (Å²) >= 11 is 6.02. The molecule has 0 unspecified atom stereocenters. The topological polar surface area (TPSA) is 95.5 Å². The second-order valence-corrected chi connectivity index (χ2v) is 5.56. The molecule has 6 nitrogen and oxygen atoms in total. The summed E-state index contributed by atoms with van der Waals surface area (Å²) in [5.41, 5.74) is 0.457. The Morgan fingerprint density at radius 3 is 2.48 bits per heavy atom. The maximum atomic E-state index is 12.4. The molecule has 1 N–H and O–H groups in total. The van der Waals surface area contributed by atoms with Crippen molar-refractivity contribution in [1.29, 1.82) is 0 Å². The van der Waals surface area contributed by atoms with Crippen molar-refractivity contribution in [2.24, 2.45) is 11.8 Å². The van der Waals surface area contributed by atoms with Crippen LogP contribution in [0.15, 0.2) is 30.4 Å². The number of ether oxygens (including phenoxy) is 1. The number of carboxylic acid groups (broad SMARTS) is 1. The van der Waals surface area contributed by atoms with E-state index in [1.54, 1.807) is 12.2 Å². The van der Waals surface area contributed by atoms with Gasteiger partial charge in [0.05, 0.1) is 29.3 Å². The predicted octanol–water partition coefficient (Wildman–Crippen LogP) is 1.40. The van der Waals surface area contributed by atoms with E-state index in [0.29, 0.717) is 6.42 Å². The predicted molar refractivity (Wildman–Crippen MR) is 81.8 cm³/mol. The van der Waals surface area contributed by atoms with Gasteiger partial charge in [-0.15, -0.1) is 0 Å². The van der Waals surface area contributed by atoms with Gasteiger partial charge in [0.1, 0.15) is 0 Å². The second-order valence-electron chi connectivity index (χ2n) is 5.15. The zero-order valence-corrected chi connectivity index (χ0v) is 13.1. The lowest BCUT2D eigenvalue weighted by Crippen LogP contribution is -2.41. The highest BCUT2D eigenvalue weighted by Gasteiger charge is 2.30. The quantitative estimate of drug-likeness (QED) is 0.662. The number of nitrogens with one attached hydrogen (secondary N) is 1. The van der Waals surface area contributed by atoms with Crippen LogP contribution in [0.1, 0.15) is 23.2 Å². The van der Waals surface area contributed by atoms with Gasteiger partial charge in [-0.25, -0.2) is 4.79 Å². The van der Waals surface area contributed by atoms with Crippen molar-refractivity contribution in [3.63, 3.8) is 0 Å². The molecule has 0 aromatic heterocycles. The number of anilines is 1. The Morgan fingerprint density at radius 2 is 1.87 bits per heavy atom. The fourth-order valence-corrected chi connectivity index (χ4v) is 2.62. The molecule has 2 rings (SSSR count). The minimum atomic E-state index is -1.26. The average molecular weight is 337 g/mol. The van der Waals surface area contributed by atoms with Crippen molar-refractivity contribution >= 4 is 35.1 Å². The Labute approximate surface area is 138 Å². The second kappa shape index (κ2) is 7.28. The number of aliphatic carboxylic acids is 1. The van der Waals surface area contributed by atoms with Crippen LogP contribution < -0.4 is 10.4 Å². The summed E-state index contributed by atoms with van der Waals surface area (Å²) < 4.78 is 4.61. The van der Waals surface area contributed by atoms with E-state index < -0.39 is 29.7 Å². The minimum absolute atomic E-state index is 0.228. The molecule has 122 valence electrons. The number of rotatable bonds is 4. The molecule has 23 heavy (non-hydrogen) atoms. The molecular formula is C16H15ClNO5-. The fraction of sp³-hybridized carbons (Fsp3) is 0.312. The van der Waals surface area contributed by atoms with Crippen molar-refractivity contribution in [3.8, 4) is 0 Å². The number of hydrogen-bond donors (Lipinski definition) is 1. The number of amides is 1. The molecule has 7 heteroatoms. The molecule has 0 aliphatic heterocycles. The van der Waals surface area contributed by atoms with E-state index in [2.05, 4.69) is 10.1 Å². The van der Waals surface area contributed by atoms with Crippen LogP contribution in [0.25, 0.3) is 0 Å². The Bertz CT molecular complexity index is 670. The standard InChI is InChI=1S/C16H16ClNO5/c1-23-16(22)9-6-7-12(17)13(8-9)18-14(19)10-4-2-3-5-11(10)15(20)21/h2-3,6-8,10-11H,4-5H2,1H3,(H,18,19)(H,20,21)/p-1/t10-,11-/m0/s1. The maximum absolute atomic E-state index is 12.4. The van der Waals surface area contributed by atoms with Crippen LogP contribution in [0.2, 0.25) is 5.02 Å². The molecule has 0 fully saturated rings. The van der Waals surface area contributed by atoms with E-state index in [1.807, 2.05) is 0 Å². The lowest BCUT2D eigenvalue weighted by molar-refractivity contribution is -0.313. The lowest BCUT2D eigenvalue weighted by Gasteiger charge is -2.28.